The van der Waals surface area contributed by atoms with E-state index in [1.165, 1.54) is 18.2 Å². The van der Waals surface area contributed by atoms with Gasteiger partial charge in [0.25, 0.3) is 5.56 Å². The molecule has 0 aliphatic rings. The number of pyridine rings is 1. The van der Waals surface area contributed by atoms with Gasteiger partial charge in [0.05, 0.1) is 23.1 Å². The van der Waals surface area contributed by atoms with Crippen LogP contribution in [-0.4, -0.2) is 32.6 Å². The first-order chi connectivity index (χ1) is 11.6. The van der Waals surface area contributed by atoms with Crippen molar-refractivity contribution in [1.29, 1.82) is 0 Å². The molecule has 0 amide bonds. The summed E-state index contributed by atoms with van der Waals surface area (Å²) in [5.41, 5.74) is 0.440. The minimum atomic E-state index is -1.10. The number of nitrogens with one attached hydrogen (secondary N) is 1. The van der Waals surface area contributed by atoms with Gasteiger partial charge in [0.15, 0.2) is 5.82 Å². The van der Waals surface area contributed by atoms with Crippen molar-refractivity contribution in [3.63, 3.8) is 0 Å². The molecule has 0 spiro atoms. The third-order valence-electron chi connectivity index (χ3n) is 3.41. The maximum absolute atomic E-state index is 12.3. The normalized spacial score (nSPS) is 10.7. The predicted molar refractivity (Wildman–Crippen MR) is 88.3 cm³/mol. The van der Waals surface area contributed by atoms with E-state index < -0.39 is 11.5 Å². The summed E-state index contributed by atoms with van der Waals surface area (Å²) in [6.07, 6.45) is 2.43. The number of aromatic nitrogens is 3. The summed E-state index contributed by atoms with van der Waals surface area (Å²) in [6.45, 7) is 2.52. The minimum absolute atomic E-state index is 0.0346. The van der Waals surface area contributed by atoms with E-state index >= 15 is 0 Å². The van der Waals surface area contributed by atoms with Crippen LogP contribution in [0.4, 0.5) is 0 Å². The molecule has 0 saturated heterocycles. The number of nitrogens with zero attached hydrogens (tertiary/aromatic N) is 2. The summed E-state index contributed by atoms with van der Waals surface area (Å²) in [4.78, 5) is 34.6. The van der Waals surface area contributed by atoms with Crippen molar-refractivity contribution in [2.75, 3.05) is 6.61 Å². The second-order valence-electron chi connectivity index (χ2n) is 5.15. The molecule has 0 bridgehead atoms. The highest BCUT2D eigenvalue weighted by molar-refractivity contribution is 5.93. The zero-order chi connectivity index (χ0) is 17.1. The largest absolute Gasteiger partial charge is 0.491 e. The molecule has 0 saturated carbocycles. The SMILES string of the molecule is CCCOc1cccnc1-c1nc2ccc(C(=O)O)cc2c(=O)[nH]1. The lowest BCUT2D eigenvalue weighted by molar-refractivity contribution is 0.0697. The number of ether oxygens (including phenoxy) is 1. The summed E-state index contributed by atoms with van der Waals surface area (Å²) in [5.74, 6) is -0.286. The van der Waals surface area contributed by atoms with Crippen molar-refractivity contribution in [1.82, 2.24) is 15.0 Å². The Hall–Kier alpha value is -3.22. The summed E-state index contributed by atoms with van der Waals surface area (Å²) >= 11 is 0. The lowest BCUT2D eigenvalue weighted by atomic mass is 10.1. The highest BCUT2D eigenvalue weighted by atomic mass is 16.5. The van der Waals surface area contributed by atoms with E-state index in [1.54, 1.807) is 18.3 Å². The molecule has 0 atom stereocenters. The number of carboxylic acids is 1. The molecule has 3 rings (SSSR count). The van der Waals surface area contributed by atoms with Crippen molar-refractivity contribution < 1.29 is 14.6 Å². The molecule has 2 aromatic heterocycles. The molecule has 3 aromatic rings. The zero-order valence-corrected chi connectivity index (χ0v) is 12.9. The number of carboxylic acid groups (broad SMARTS) is 1. The first-order valence-corrected chi connectivity index (χ1v) is 7.45. The van der Waals surface area contributed by atoms with Gasteiger partial charge in [-0.25, -0.2) is 14.8 Å². The van der Waals surface area contributed by atoms with Crippen LogP contribution in [0.25, 0.3) is 22.4 Å². The Bertz CT molecular complexity index is 965. The van der Waals surface area contributed by atoms with Gasteiger partial charge in [-0.3, -0.25) is 4.79 Å². The number of aromatic carboxylic acids is 1. The number of carbonyl (C=O) groups is 1. The summed E-state index contributed by atoms with van der Waals surface area (Å²) in [7, 11) is 0. The van der Waals surface area contributed by atoms with Crippen molar-refractivity contribution >= 4 is 16.9 Å². The molecule has 24 heavy (non-hydrogen) atoms. The Balaban J connectivity index is 2.14. The molecule has 122 valence electrons. The second-order valence-corrected chi connectivity index (χ2v) is 5.15. The van der Waals surface area contributed by atoms with Crippen LogP contribution in [0.3, 0.4) is 0 Å². The molecule has 0 aliphatic heterocycles. The van der Waals surface area contributed by atoms with Crippen molar-refractivity contribution in [3.8, 4) is 17.3 Å². The predicted octanol–water partition coefficient (Wildman–Crippen LogP) is 2.47. The molecule has 2 N–H and O–H groups in total. The van der Waals surface area contributed by atoms with E-state index in [2.05, 4.69) is 15.0 Å². The van der Waals surface area contributed by atoms with Crippen LogP contribution in [-0.2, 0) is 0 Å². The maximum Gasteiger partial charge on any atom is 0.335 e. The van der Waals surface area contributed by atoms with Gasteiger partial charge in [-0.05, 0) is 36.8 Å². The van der Waals surface area contributed by atoms with Crippen LogP contribution >= 0.6 is 0 Å². The molecule has 0 fully saturated rings. The van der Waals surface area contributed by atoms with Gasteiger partial charge in [-0.15, -0.1) is 0 Å². The Labute approximate surface area is 137 Å². The third-order valence-corrected chi connectivity index (χ3v) is 3.41. The van der Waals surface area contributed by atoms with Gasteiger partial charge < -0.3 is 14.8 Å². The van der Waals surface area contributed by atoms with E-state index in [1.807, 2.05) is 6.92 Å². The summed E-state index contributed by atoms with van der Waals surface area (Å²) in [6, 6.07) is 7.73. The van der Waals surface area contributed by atoms with Gasteiger partial charge in [0.2, 0.25) is 0 Å². The van der Waals surface area contributed by atoms with Crippen LogP contribution in [0, 0.1) is 0 Å². The van der Waals surface area contributed by atoms with Crippen LogP contribution < -0.4 is 10.3 Å². The lowest BCUT2D eigenvalue weighted by Gasteiger charge is -2.09. The zero-order valence-electron chi connectivity index (χ0n) is 12.9. The number of aromatic amines is 1. The fraction of sp³-hybridized carbons (Fsp3) is 0.176. The van der Waals surface area contributed by atoms with Crippen LogP contribution in [0.2, 0.25) is 0 Å². The number of benzene rings is 1. The Kier molecular flexibility index (Phi) is 4.24. The molecule has 2 heterocycles. The highest BCUT2D eigenvalue weighted by Gasteiger charge is 2.13. The molecule has 0 radical (unpaired) electrons. The molecule has 7 heteroatoms. The molecule has 0 aliphatic carbocycles. The smallest absolute Gasteiger partial charge is 0.335 e. The van der Waals surface area contributed by atoms with Crippen LogP contribution in [0.15, 0.2) is 41.3 Å². The molecule has 7 nitrogen and oxygen atoms in total. The first kappa shape index (κ1) is 15.7. The van der Waals surface area contributed by atoms with Gasteiger partial charge in [0.1, 0.15) is 11.4 Å². The minimum Gasteiger partial charge on any atom is -0.491 e. The average molecular weight is 325 g/mol. The summed E-state index contributed by atoms with van der Waals surface area (Å²) in [5, 5.41) is 9.24. The monoisotopic (exact) mass is 325 g/mol. The highest BCUT2D eigenvalue weighted by Crippen LogP contribution is 2.25. The van der Waals surface area contributed by atoms with Crippen LogP contribution in [0.5, 0.6) is 5.75 Å². The molecule has 0 unspecified atom stereocenters. The van der Waals surface area contributed by atoms with Gasteiger partial charge >= 0.3 is 5.97 Å². The number of hydrogen-bond acceptors (Lipinski definition) is 5. The number of fused-ring (bicyclic) bond motifs is 1. The topological polar surface area (TPSA) is 105 Å². The standard InChI is InChI=1S/C17H15N3O4/c1-2-8-24-13-4-3-7-18-14(13)15-19-12-6-5-10(17(22)23)9-11(12)16(21)20-15/h3-7,9H,2,8H2,1H3,(H,22,23)(H,19,20,21). The molecular formula is C17H15N3O4. The fourth-order valence-electron chi connectivity index (χ4n) is 2.28. The Morgan fingerprint density at radius 2 is 2.17 bits per heavy atom. The lowest BCUT2D eigenvalue weighted by Crippen LogP contribution is -2.12. The summed E-state index contributed by atoms with van der Waals surface area (Å²) < 4.78 is 5.64. The van der Waals surface area contributed by atoms with Crippen molar-refractivity contribution in [2.45, 2.75) is 13.3 Å². The van der Waals surface area contributed by atoms with E-state index in [-0.39, 0.29) is 16.8 Å². The quantitative estimate of drug-likeness (QED) is 0.746. The van der Waals surface area contributed by atoms with Crippen molar-refractivity contribution in [3.05, 3.63) is 52.4 Å². The van der Waals surface area contributed by atoms with E-state index in [4.69, 9.17) is 9.84 Å². The van der Waals surface area contributed by atoms with Crippen molar-refractivity contribution in [2.24, 2.45) is 0 Å². The second kappa shape index (κ2) is 6.49. The number of hydrogen-bond donors (Lipinski definition) is 2. The third kappa shape index (κ3) is 2.96. The van der Waals surface area contributed by atoms with E-state index in [0.29, 0.717) is 23.6 Å². The fourth-order valence-corrected chi connectivity index (χ4v) is 2.28. The van der Waals surface area contributed by atoms with Gasteiger partial charge in [0, 0.05) is 6.20 Å². The maximum atomic E-state index is 12.3. The number of H-pyrrole nitrogens is 1. The Morgan fingerprint density at radius 1 is 1.33 bits per heavy atom. The molecular weight excluding hydrogens is 310 g/mol. The number of rotatable bonds is 5. The average Bonchev–Trinajstić information content (AvgIpc) is 2.59. The van der Waals surface area contributed by atoms with Gasteiger partial charge in [-0.1, -0.05) is 6.92 Å². The van der Waals surface area contributed by atoms with Gasteiger partial charge in [-0.2, -0.15) is 0 Å². The first-order valence-electron chi connectivity index (χ1n) is 7.45. The molecule has 1 aromatic carbocycles. The van der Waals surface area contributed by atoms with Crippen LogP contribution in [0.1, 0.15) is 23.7 Å². The van der Waals surface area contributed by atoms with E-state index in [9.17, 15) is 9.59 Å². The van der Waals surface area contributed by atoms with E-state index in [0.717, 1.165) is 6.42 Å². The Morgan fingerprint density at radius 3 is 2.92 bits per heavy atom.